The summed E-state index contributed by atoms with van der Waals surface area (Å²) >= 11 is 0. The molecule has 2 nitrogen and oxygen atoms in total. The van der Waals surface area contributed by atoms with Crippen LogP contribution < -0.4 is 0 Å². The predicted octanol–water partition coefficient (Wildman–Crippen LogP) is 19.2. The summed E-state index contributed by atoms with van der Waals surface area (Å²) in [7, 11) is 0. The van der Waals surface area contributed by atoms with Crippen molar-refractivity contribution >= 4 is 86.4 Å². The highest BCUT2D eigenvalue weighted by Gasteiger charge is 2.27. The summed E-state index contributed by atoms with van der Waals surface area (Å²) in [6.45, 7) is 0. The first-order valence-corrected chi connectivity index (χ1v) is 24.9. The van der Waals surface area contributed by atoms with Gasteiger partial charge in [-0.25, -0.2) is 0 Å². The van der Waals surface area contributed by atoms with E-state index in [1.54, 1.807) is 0 Å². The average molecular weight is 913 g/mol. The fourth-order valence-electron chi connectivity index (χ4n) is 12.0. The predicted molar refractivity (Wildman–Crippen MR) is 307 cm³/mol. The summed E-state index contributed by atoms with van der Waals surface area (Å²) in [4.78, 5) is 0. The lowest BCUT2D eigenvalue weighted by Gasteiger charge is -2.16. The van der Waals surface area contributed by atoms with Gasteiger partial charge < -0.3 is 9.13 Å². The molecule has 0 bridgehead atoms. The van der Waals surface area contributed by atoms with Crippen LogP contribution in [0.15, 0.2) is 267 Å². The van der Waals surface area contributed by atoms with Gasteiger partial charge in [0.15, 0.2) is 0 Å². The Bertz CT molecular complexity index is 4340. The highest BCUT2D eigenvalue weighted by Crippen LogP contribution is 2.50. The van der Waals surface area contributed by atoms with Crippen molar-refractivity contribution < 1.29 is 0 Å². The molecule has 0 saturated carbocycles. The van der Waals surface area contributed by atoms with Gasteiger partial charge in [0.1, 0.15) is 0 Å². The zero-order chi connectivity index (χ0) is 47.3. The van der Waals surface area contributed by atoms with Crippen LogP contribution in [0.3, 0.4) is 0 Å². The van der Waals surface area contributed by atoms with E-state index in [4.69, 9.17) is 0 Å². The quantitative estimate of drug-likeness (QED) is 0.116. The summed E-state index contributed by atoms with van der Waals surface area (Å²) in [6.07, 6.45) is 0. The van der Waals surface area contributed by atoms with Crippen LogP contribution in [0.5, 0.6) is 0 Å². The van der Waals surface area contributed by atoms with E-state index in [9.17, 15) is 0 Å². The molecule has 0 aliphatic rings. The lowest BCUT2D eigenvalue weighted by atomic mass is 9.93. The maximum atomic E-state index is 2.54. The Kier molecular flexibility index (Phi) is 8.99. The SMILES string of the molecule is c1ccc(-c2c(-c3ccc4cc5ccccc5cc4c3)n(-c3ccccc3)c3c2ccc2c4ccc5c(-c6ccccc6)c(-c6ccc7cc8ccccc8cc7c6)n(-c6ccccc6)c5c4ccc23)cc1. The van der Waals surface area contributed by atoms with Crippen molar-refractivity contribution in [1.82, 2.24) is 9.13 Å². The molecule has 13 aromatic carbocycles. The number of fused-ring (bicyclic) bond motifs is 11. The molecule has 2 heterocycles. The van der Waals surface area contributed by atoms with Crippen molar-refractivity contribution in [3.8, 4) is 56.1 Å². The molecule has 0 spiro atoms. The van der Waals surface area contributed by atoms with E-state index in [0.717, 1.165) is 11.4 Å². The minimum absolute atomic E-state index is 1.12. The molecule has 15 aromatic rings. The highest BCUT2D eigenvalue weighted by molar-refractivity contribution is 6.26. The molecule has 0 radical (unpaired) electrons. The summed E-state index contributed by atoms with van der Waals surface area (Å²) < 4.78 is 5.07. The molecular formula is C70H44N2. The number of aromatic nitrogens is 2. The Hall–Kier alpha value is -9.50. The first kappa shape index (κ1) is 40.4. The maximum absolute atomic E-state index is 2.54. The van der Waals surface area contributed by atoms with Gasteiger partial charge in [-0.3, -0.25) is 0 Å². The molecule has 0 amide bonds. The summed E-state index contributed by atoms with van der Waals surface area (Å²) in [5.74, 6) is 0. The fraction of sp³-hybridized carbons (Fsp3) is 0. The number of hydrogen-bond acceptors (Lipinski definition) is 0. The van der Waals surface area contributed by atoms with Crippen molar-refractivity contribution in [3.63, 3.8) is 0 Å². The molecule has 0 fully saturated rings. The van der Waals surface area contributed by atoms with Gasteiger partial charge >= 0.3 is 0 Å². The number of rotatable bonds is 6. The third-order valence-electron chi connectivity index (χ3n) is 15.2. The highest BCUT2D eigenvalue weighted by atomic mass is 15.0. The summed E-state index contributed by atoms with van der Waals surface area (Å²) in [6, 6.07) is 98.9. The third kappa shape index (κ3) is 6.22. The molecule has 0 unspecified atom stereocenters. The lowest BCUT2D eigenvalue weighted by molar-refractivity contribution is 1.14. The van der Waals surface area contributed by atoms with Gasteiger partial charge in [-0.05, 0) is 137 Å². The Morgan fingerprint density at radius 1 is 0.194 bits per heavy atom. The summed E-state index contributed by atoms with van der Waals surface area (Å²) in [5.41, 5.74) is 14.2. The van der Waals surface area contributed by atoms with Crippen LogP contribution in [0.1, 0.15) is 0 Å². The number of benzene rings is 13. The zero-order valence-electron chi connectivity index (χ0n) is 39.3. The van der Waals surface area contributed by atoms with Crippen molar-refractivity contribution in [2.75, 3.05) is 0 Å². The number of nitrogens with zero attached hydrogens (tertiary/aromatic N) is 2. The number of hydrogen-bond donors (Lipinski definition) is 0. The van der Waals surface area contributed by atoms with Gasteiger partial charge in [-0.2, -0.15) is 0 Å². The van der Waals surface area contributed by atoms with E-state index in [1.807, 2.05) is 0 Å². The summed E-state index contributed by atoms with van der Waals surface area (Å²) in [5, 5.41) is 17.2. The molecule has 0 saturated heterocycles. The lowest BCUT2D eigenvalue weighted by Crippen LogP contribution is -1.99. The first-order chi connectivity index (χ1) is 35.7. The van der Waals surface area contributed by atoms with Gasteiger partial charge in [0.05, 0.1) is 22.4 Å². The van der Waals surface area contributed by atoms with E-state index in [1.165, 1.54) is 131 Å². The van der Waals surface area contributed by atoms with Gasteiger partial charge in [0, 0.05) is 44.0 Å². The van der Waals surface area contributed by atoms with E-state index in [-0.39, 0.29) is 0 Å². The second-order valence-electron chi connectivity index (χ2n) is 19.2. The molecular weight excluding hydrogens is 869 g/mol. The molecule has 15 rings (SSSR count). The molecule has 0 aliphatic carbocycles. The molecule has 334 valence electrons. The van der Waals surface area contributed by atoms with Gasteiger partial charge in [-0.1, -0.05) is 206 Å². The van der Waals surface area contributed by atoms with E-state index < -0.39 is 0 Å². The molecule has 0 N–H and O–H groups in total. The van der Waals surface area contributed by atoms with Crippen LogP contribution in [0, 0.1) is 0 Å². The van der Waals surface area contributed by atoms with Crippen molar-refractivity contribution in [3.05, 3.63) is 267 Å². The Morgan fingerprint density at radius 2 is 0.500 bits per heavy atom. The molecule has 2 heteroatoms. The first-order valence-electron chi connectivity index (χ1n) is 24.9. The number of para-hydroxylation sites is 2. The largest absolute Gasteiger partial charge is 0.308 e. The van der Waals surface area contributed by atoms with Crippen molar-refractivity contribution in [2.24, 2.45) is 0 Å². The van der Waals surface area contributed by atoms with Gasteiger partial charge in [0.2, 0.25) is 0 Å². The van der Waals surface area contributed by atoms with E-state index in [2.05, 4.69) is 276 Å². The second kappa shape index (κ2) is 16.0. The minimum Gasteiger partial charge on any atom is -0.308 e. The average Bonchev–Trinajstić information content (AvgIpc) is 3.99. The standard InChI is InChI=1S/C70H44N2/c1-5-17-45(18-6-1)65-63-37-33-59-60-34-38-64-66(46-19-7-2-8-20-46)68(54-32-30-52-40-48-22-14-16-24-50(48)42-56(52)44-54)72(58-27-11-4-12-28-58)70(64)62(60)36-35-61(59)69(63)71(57-25-9-3-10-26-57)67(65)53-31-29-51-39-47-21-13-15-23-49(47)41-55(51)43-53/h1-44H. The van der Waals surface area contributed by atoms with Crippen LogP contribution in [-0.4, -0.2) is 9.13 Å². The van der Waals surface area contributed by atoms with Crippen LogP contribution in [0.4, 0.5) is 0 Å². The van der Waals surface area contributed by atoms with Gasteiger partial charge in [-0.15, -0.1) is 0 Å². The Balaban J connectivity index is 1.05. The third-order valence-corrected chi connectivity index (χ3v) is 15.2. The maximum Gasteiger partial charge on any atom is 0.0620 e. The van der Waals surface area contributed by atoms with Crippen LogP contribution in [0.25, 0.3) is 143 Å². The smallest absolute Gasteiger partial charge is 0.0620 e. The van der Waals surface area contributed by atoms with Gasteiger partial charge in [0.25, 0.3) is 0 Å². The van der Waals surface area contributed by atoms with Crippen molar-refractivity contribution in [2.45, 2.75) is 0 Å². The zero-order valence-corrected chi connectivity index (χ0v) is 39.3. The van der Waals surface area contributed by atoms with Crippen molar-refractivity contribution in [1.29, 1.82) is 0 Å². The van der Waals surface area contributed by atoms with E-state index in [0.29, 0.717) is 0 Å². The monoisotopic (exact) mass is 912 g/mol. The molecule has 0 atom stereocenters. The van der Waals surface area contributed by atoms with Crippen LogP contribution in [-0.2, 0) is 0 Å². The van der Waals surface area contributed by atoms with Crippen LogP contribution in [0.2, 0.25) is 0 Å². The second-order valence-corrected chi connectivity index (χ2v) is 19.2. The Labute approximate surface area is 416 Å². The minimum atomic E-state index is 1.12. The van der Waals surface area contributed by atoms with E-state index >= 15 is 0 Å². The molecule has 72 heavy (non-hydrogen) atoms. The fourth-order valence-corrected chi connectivity index (χ4v) is 12.0. The molecule has 2 aromatic heterocycles. The van der Waals surface area contributed by atoms with Crippen LogP contribution >= 0.6 is 0 Å². The molecule has 0 aliphatic heterocycles. The Morgan fingerprint density at radius 3 is 0.889 bits per heavy atom. The normalized spacial score (nSPS) is 11.9. The topological polar surface area (TPSA) is 9.86 Å².